The van der Waals surface area contributed by atoms with Crippen LogP contribution in [0, 0.1) is 17.5 Å². The van der Waals surface area contributed by atoms with Crippen LogP contribution in [0.25, 0.3) is 0 Å². The zero-order chi connectivity index (χ0) is 7.72. The first-order valence-corrected chi connectivity index (χ1v) is 2.45. The van der Waals surface area contributed by atoms with E-state index < -0.39 is 23.2 Å². The van der Waals surface area contributed by atoms with Crippen LogP contribution < -0.4 is 0 Å². The van der Waals surface area contributed by atoms with Crippen molar-refractivity contribution in [2.45, 2.75) is 7.43 Å². The van der Waals surface area contributed by atoms with Gasteiger partial charge in [-0.1, -0.05) is 7.43 Å². The van der Waals surface area contributed by atoms with Crippen molar-refractivity contribution in [3.8, 4) is 5.75 Å². The van der Waals surface area contributed by atoms with E-state index in [1.807, 2.05) is 0 Å². The first-order chi connectivity index (χ1) is 4.63. The summed E-state index contributed by atoms with van der Waals surface area (Å²) in [6.45, 7) is 0. The normalized spacial score (nSPS) is 9.00. The molecule has 0 aliphatic rings. The third-order valence-corrected chi connectivity index (χ3v) is 1.02. The van der Waals surface area contributed by atoms with Gasteiger partial charge in [0.1, 0.15) is 0 Å². The second-order valence-corrected chi connectivity index (χ2v) is 1.69. The van der Waals surface area contributed by atoms with E-state index in [1.165, 1.54) is 0 Å². The Morgan fingerprint density at radius 3 is 1.91 bits per heavy atom. The van der Waals surface area contributed by atoms with Gasteiger partial charge in [0.15, 0.2) is 17.4 Å². The lowest BCUT2D eigenvalue weighted by atomic mass is 10.3. The SMILES string of the molecule is C.Oc1c(F)ccc(F)c1F. The summed E-state index contributed by atoms with van der Waals surface area (Å²) in [5, 5.41) is 8.40. The maximum Gasteiger partial charge on any atom is 0.203 e. The summed E-state index contributed by atoms with van der Waals surface area (Å²) in [6, 6.07) is 1.25. The fourth-order valence-electron chi connectivity index (χ4n) is 0.516. The van der Waals surface area contributed by atoms with Gasteiger partial charge in [0.25, 0.3) is 0 Å². The molecular weight excluding hydrogens is 157 g/mol. The van der Waals surface area contributed by atoms with E-state index in [4.69, 9.17) is 5.11 Å². The van der Waals surface area contributed by atoms with Crippen molar-refractivity contribution < 1.29 is 18.3 Å². The topological polar surface area (TPSA) is 20.2 Å². The minimum Gasteiger partial charge on any atom is -0.503 e. The molecule has 1 aromatic rings. The average Bonchev–Trinajstić information content (AvgIpc) is 1.93. The van der Waals surface area contributed by atoms with Gasteiger partial charge >= 0.3 is 0 Å². The fraction of sp³-hybridized carbons (Fsp3) is 0.143. The van der Waals surface area contributed by atoms with E-state index in [1.54, 1.807) is 0 Å². The minimum absolute atomic E-state index is 0. The highest BCUT2D eigenvalue weighted by molar-refractivity contribution is 5.25. The van der Waals surface area contributed by atoms with Gasteiger partial charge in [-0.15, -0.1) is 0 Å². The van der Waals surface area contributed by atoms with Gasteiger partial charge in [-0.25, -0.2) is 8.78 Å². The standard InChI is InChI=1S/C6H3F3O.CH4/c7-3-1-2-4(8)6(10)5(3)9;/h1-2,10H;1H4. The van der Waals surface area contributed by atoms with Gasteiger partial charge in [0, 0.05) is 0 Å². The third-order valence-electron chi connectivity index (χ3n) is 1.02. The lowest BCUT2D eigenvalue weighted by Gasteiger charge is -1.95. The lowest BCUT2D eigenvalue weighted by molar-refractivity contribution is 0.376. The molecule has 0 aliphatic heterocycles. The molecule has 1 aromatic carbocycles. The van der Waals surface area contributed by atoms with Crippen molar-refractivity contribution in [1.82, 2.24) is 0 Å². The van der Waals surface area contributed by atoms with Crippen LogP contribution >= 0.6 is 0 Å². The maximum atomic E-state index is 12.1. The van der Waals surface area contributed by atoms with Gasteiger partial charge in [0.05, 0.1) is 0 Å². The Balaban J connectivity index is 0.000001000. The first kappa shape index (κ1) is 9.81. The van der Waals surface area contributed by atoms with Crippen LogP contribution in [-0.2, 0) is 0 Å². The molecule has 0 saturated heterocycles. The zero-order valence-corrected chi connectivity index (χ0v) is 4.74. The van der Waals surface area contributed by atoms with E-state index in [0.29, 0.717) is 12.1 Å². The van der Waals surface area contributed by atoms with Crippen LogP contribution in [0.15, 0.2) is 12.1 Å². The van der Waals surface area contributed by atoms with Crippen molar-refractivity contribution in [2.75, 3.05) is 0 Å². The quantitative estimate of drug-likeness (QED) is 0.584. The van der Waals surface area contributed by atoms with Crippen LogP contribution in [0.3, 0.4) is 0 Å². The largest absolute Gasteiger partial charge is 0.503 e. The predicted molar refractivity (Wildman–Crippen MR) is 34.7 cm³/mol. The molecular formula is C7H7F3O. The highest BCUT2D eigenvalue weighted by Gasteiger charge is 2.10. The number of aromatic hydroxyl groups is 1. The second kappa shape index (κ2) is 3.27. The zero-order valence-electron chi connectivity index (χ0n) is 4.74. The Labute approximate surface area is 62.1 Å². The molecule has 0 radical (unpaired) electrons. The fourth-order valence-corrected chi connectivity index (χ4v) is 0.516. The summed E-state index contributed by atoms with van der Waals surface area (Å²) in [7, 11) is 0. The molecule has 0 saturated carbocycles. The second-order valence-electron chi connectivity index (χ2n) is 1.69. The Morgan fingerprint density at radius 1 is 1.00 bits per heavy atom. The first-order valence-electron chi connectivity index (χ1n) is 2.45. The summed E-state index contributed by atoms with van der Waals surface area (Å²) >= 11 is 0. The van der Waals surface area contributed by atoms with Crippen LogP contribution in [-0.4, -0.2) is 5.11 Å². The summed E-state index contributed by atoms with van der Waals surface area (Å²) in [4.78, 5) is 0. The number of phenols is 1. The Bertz CT molecular complexity index is 233. The molecule has 0 aromatic heterocycles. The van der Waals surface area contributed by atoms with E-state index >= 15 is 0 Å². The van der Waals surface area contributed by atoms with Crippen molar-refractivity contribution in [2.24, 2.45) is 0 Å². The van der Waals surface area contributed by atoms with Crippen molar-refractivity contribution in [3.63, 3.8) is 0 Å². The Morgan fingerprint density at radius 2 is 1.45 bits per heavy atom. The van der Waals surface area contributed by atoms with E-state index in [-0.39, 0.29) is 7.43 Å². The van der Waals surface area contributed by atoms with E-state index in [0.717, 1.165) is 0 Å². The monoisotopic (exact) mass is 164 g/mol. The maximum absolute atomic E-state index is 12.1. The number of benzene rings is 1. The van der Waals surface area contributed by atoms with Crippen molar-refractivity contribution in [3.05, 3.63) is 29.6 Å². The summed E-state index contributed by atoms with van der Waals surface area (Å²) in [5.41, 5.74) is 0. The summed E-state index contributed by atoms with van der Waals surface area (Å²) in [5.74, 6) is -5.27. The number of halogens is 3. The van der Waals surface area contributed by atoms with Crippen LogP contribution in [0.2, 0.25) is 0 Å². The Hall–Kier alpha value is -1.19. The molecule has 4 heteroatoms. The molecule has 62 valence electrons. The van der Waals surface area contributed by atoms with Gasteiger partial charge < -0.3 is 5.11 Å². The molecule has 0 atom stereocenters. The molecule has 0 amide bonds. The molecule has 1 nitrogen and oxygen atoms in total. The van der Waals surface area contributed by atoms with Gasteiger partial charge in [0.2, 0.25) is 5.82 Å². The minimum atomic E-state index is -1.56. The number of hydrogen-bond acceptors (Lipinski definition) is 1. The van der Waals surface area contributed by atoms with Crippen molar-refractivity contribution >= 4 is 0 Å². The van der Waals surface area contributed by atoms with Crippen molar-refractivity contribution in [1.29, 1.82) is 0 Å². The molecule has 0 aliphatic carbocycles. The molecule has 1 rings (SSSR count). The van der Waals surface area contributed by atoms with Gasteiger partial charge in [-0.05, 0) is 12.1 Å². The highest BCUT2D eigenvalue weighted by atomic mass is 19.2. The molecule has 0 heterocycles. The number of hydrogen-bond donors (Lipinski definition) is 1. The van der Waals surface area contributed by atoms with Crippen LogP contribution in [0.4, 0.5) is 13.2 Å². The van der Waals surface area contributed by atoms with Gasteiger partial charge in [-0.3, -0.25) is 0 Å². The molecule has 0 spiro atoms. The third kappa shape index (κ3) is 1.63. The lowest BCUT2D eigenvalue weighted by Crippen LogP contribution is -1.86. The van der Waals surface area contributed by atoms with E-state index in [9.17, 15) is 13.2 Å². The Kier molecular flexibility index (Phi) is 2.92. The molecule has 0 unspecified atom stereocenters. The number of rotatable bonds is 0. The molecule has 11 heavy (non-hydrogen) atoms. The van der Waals surface area contributed by atoms with Crippen LogP contribution in [0.5, 0.6) is 5.75 Å². The van der Waals surface area contributed by atoms with Gasteiger partial charge in [-0.2, -0.15) is 4.39 Å². The van der Waals surface area contributed by atoms with E-state index in [2.05, 4.69) is 0 Å². The molecule has 1 N–H and O–H groups in total. The average molecular weight is 164 g/mol. The van der Waals surface area contributed by atoms with Crippen LogP contribution in [0.1, 0.15) is 7.43 Å². The smallest absolute Gasteiger partial charge is 0.203 e. The molecule has 0 fully saturated rings. The highest BCUT2D eigenvalue weighted by Crippen LogP contribution is 2.21. The predicted octanol–water partition coefficient (Wildman–Crippen LogP) is 2.45. The summed E-state index contributed by atoms with van der Waals surface area (Å²) in [6.07, 6.45) is 0. The number of phenolic OH excluding ortho intramolecular Hbond substituents is 1. The molecule has 0 bridgehead atoms. The summed E-state index contributed by atoms with van der Waals surface area (Å²) < 4.78 is 36.3.